The average molecular weight is 263 g/mol. The van der Waals surface area contributed by atoms with Gasteiger partial charge < -0.3 is 5.11 Å². The maximum absolute atomic E-state index is 12.9. The molecule has 5 heteroatoms. The predicted molar refractivity (Wildman–Crippen MR) is 61.2 cm³/mol. The molecule has 1 saturated heterocycles. The molecule has 1 heterocycles. The van der Waals surface area contributed by atoms with Crippen molar-refractivity contribution in [3.63, 3.8) is 0 Å². The van der Waals surface area contributed by atoms with Gasteiger partial charge in [0.25, 0.3) is 0 Å². The van der Waals surface area contributed by atoms with Crippen LogP contribution in [0.25, 0.3) is 0 Å². The predicted octanol–water partition coefficient (Wildman–Crippen LogP) is 2.85. The minimum Gasteiger partial charge on any atom is -0.380 e. The van der Waals surface area contributed by atoms with Crippen molar-refractivity contribution in [2.45, 2.75) is 74.7 Å². The van der Waals surface area contributed by atoms with Gasteiger partial charge in [0, 0.05) is 24.5 Å². The molecule has 0 bridgehead atoms. The van der Waals surface area contributed by atoms with Crippen LogP contribution in [0.2, 0.25) is 0 Å². The summed E-state index contributed by atoms with van der Waals surface area (Å²) < 4.78 is 38.8. The Morgan fingerprint density at radius 2 is 1.67 bits per heavy atom. The molecule has 2 nitrogen and oxygen atoms in total. The molecule has 0 aromatic carbocycles. The van der Waals surface area contributed by atoms with Crippen LogP contribution in [0.3, 0.4) is 0 Å². The average Bonchev–Trinajstić information content (AvgIpc) is 2.82. The van der Waals surface area contributed by atoms with Crippen LogP contribution < -0.4 is 0 Å². The summed E-state index contributed by atoms with van der Waals surface area (Å²) in [7, 11) is 0. The molecule has 1 atom stereocenters. The number of rotatable bonds is 1. The van der Waals surface area contributed by atoms with Crippen LogP contribution >= 0.6 is 0 Å². The van der Waals surface area contributed by atoms with Crippen LogP contribution in [0.1, 0.15) is 51.4 Å². The second-order valence-electron chi connectivity index (χ2n) is 6.31. The summed E-state index contributed by atoms with van der Waals surface area (Å²) in [5.74, 6) is 0. The standard InChI is InChI=1S/C13H20F3NO/c14-13(15,16)12(18)7-8-17(10-3-1-2-4-10)11(9-12)5-6-11/h10,18H,1-9H2. The van der Waals surface area contributed by atoms with Crippen LogP contribution in [0.5, 0.6) is 0 Å². The van der Waals surface area contributed by atoms with Gasteiger partial charge in [0.2, 0.25) is 0 Å². The summed E-state index contributed by atoms with van der Waals surface area (Å²) in [6.45, 7) is 0.403. The van der Waals surface area contributed by atoms with Gasteiger partial charge in [0.15, 0.2) is 5.60 Å². The molecule has 0 radical (unpaired) electrons. The quantitative estimate of drug-likeness (QED) is 0.786. The number of aliphatic hydroxyl groups is 1. The molecule has 0 aromatic rings. The lowest BCUT2D eigenvalue weighted by Gasteiger charge is -2.47. The maximum Gasteiger partial charge on any atom is 0.417 e. The van der Waals surface area contributed by atoms with E-state index in [9.17, 15) is 18.3 Å². The summed E-state index contributed by atoms with van der Waals surface area (Å²) in [6, 6.07) is 0.463. The first-order valence-electron chi connectivity index (χ1n) is 6.92. The van der Waals surface area contributed by atoms with Gasteiger partial charge in [-0.1, -0.05) is 12.8 Å². The molecular formula is C13H20F3NO. The van der Waals surface area contributed by atoms with E-state index in [1.807, 2.05) is 0 Å². The smallest absolute Gasteiger partial charge is 0.380 e. The fraction of sp³-hybridized carbons (Fsp3) is 1.00. The zero-order valence-electron chi connectivity index (χ0n) is 10.5. The van der Waals surface area contributed by atoms with E-state index in [-0.39, 0.29) is 18.4 Å². The van der Waals surface area contributed by atoms with E-state index in [0.29, 0.717) is 12.6 Å². The van der Waals surface area contributed by atoms with Gasteiger partial charge in [-0.3, -0.25) is 4.90 Å². The van der Waals surface area contributed by atoms with Crippen molar-refractivity contribution in [2.75, 3.05) is 6.54 Å². The van der Waals surface area contributed by atoms with Crippen LogP contribution in [0, 0.1) is 0 Å². The van der Waals surface area contributed by atoms with Crippen molar-refractivity contribution in [3.05, 3.63) is 0 Å². The fourth-order valence-electron chi connectivity index (χ4n) is 3.91. The second kappa shape index (κ2) is 3.85. The number of halogens is 3. The van der Waals surface area contributed by atoms with Crippen molar-refractivity contribution in [3.8, 4) is 0 Å². The molecule has 0 amide bonds. The van der Waals surface area contributed by atoms with Gasteiger partial charge in [-0.15, -0.1) is 0 Å². The Morgan fingerprint density at radius 3 is 2.17 bits per heavy atom. The highest BCUT2D eigenvalue weighted by molar-refractivity contribution is 5.14. The SMILES string of the molecule is OC1(C(F)(F)F)CCN(C2CCCC2)C2(CC2)C1. The summed E-state index contributed by atoms with van der Waals surface area (Å²) in [5.41, 5.74) is -2.78. The Hall–Kier alpha value is -0.290. The molecule has 104 valence electrons. The minimum atomic E-state index is -4.48. The van der Waals surface area contributed by atoms with Crippen LogP contribution in [0.15, 0.2) is 0 Å². The van der Waals surface area contributed by atoms with Gasteiger partial charge in [-0.05, 0) is 32.1 Å². The van der Waals surface area contributed by atoms with Gasteiger partial charge in [-0.2, -0.15) is 13.2 Å². The molecule has 1 unspecified atom stereocenters. The highest BCUT2D eigenvalue weighted by atomic mass is 19.4. The monoisotopic (exact) mass is 263 g/mol. The molecular weight excluding hydrogens is 243 g/mol. The number of piperidine rings is 1. The molecule has 2 aliphatic carbocycles. The summed E-state index contributed by atoms with van der Waals surface area (Å²) in [6.07, 6.45) is 1.52. The highest BCUT2D eigenvalue weighted by Crippen LogP contribution is 2.56. The van der Waals surface area contributed by atoms with E-state index in [1.54, 1.807) is 0 Å². The third-order valence-corrected chi connectivity index (χ3v) is 5.12. The van der Waals surface area contributed by atoms with E-state index in [4.69, 9.17) is 0 Å². The van der Waals surface area contributed by atoms with E-state index in [0.717, 1.165) is 25.7 Å². The number of likely N-dealkylation sites (tertiary alicyclic amines) is 1. The van der Waals surface area contributed by atoms with E-state index in [2.05, 4.69) is 4.90 Å². The Balaban J connectivity index is 1.77. The van der Waals surface area contributed by atoms with Gasteiger partial charge >= 0.3 is 6.18 Å². The van der Waals surface area contributed by atoms with Gasteiger partial charge in [0.1, 0.15) is 0 Å². The molecule has 2 saturated carbocycles. The Bertz CT molecular complexity index is 334. The van der Waals surface area contributed by atoms with Crippen molar-refractivity contribution in [1.29, 1.82) is 0 Å². The lowest BCUT2D eigenvalue weighted by molar-refractivity contribution is -0.281. The summed E-state index contributed by atoms with van der Waals surface area (Å²) in [4.78, 5) is 2.29. The molecule has 1 aliphatic heterocycles. The molecule has 1 spiro atoms. The van der Waals surface area contributed by atoms with Crippen molar-refractivity contribution < 1.29 is 18.3 Å². The largest absolute Gasteiger partial charge is 0.417 e. The first-order valence-corrected chi connectivity index (χ1v) is 6.92. The maximum atomic E-state index is 12.9. The van der Waals surface area contributed by atoms with E-state index >= 15 is 0 Å². The first kappa shape index (κ1) is 12.7. The zero-order chi connectivity index (χ0) is 13.0. The zero-order valence-corrected chi connectivity index (χ0v) is 10.5. The normalized spacial score (nSPS) is 37.3. The third-order valence-electron chi connectivity index (χ3n) is 5.12. The van der Waals surface area contributed by atoms with Crippen molar-refractivity contribution in [1.82, 2.24) is 4.90 Å². The third kappa shape index (κ3) is 1.86. The molecule has 3 fully saturated rings. The van der Waals surface area contributed by atoms with Crippen LogP contribution in [-0.2, 0) is 0 Å². The molecule has 3 rings (SSSR count). The fourth-order valence-corrected chi connectivity index (χ4v) is 3.91. The summed E-state index contributed by atoms with van der Waals surface area (Å²) in [5, 5.41) is 9.89. The first-order chi connectivity index (χ1) is 8.36. The van der Waals surface area contributed by atoms with Crippen LogP contribution in [0.4, 0.5) is 13.2 Å². The number of hydrogen-bond donors (Lipinski definition) is 1. The van der Waals surface area contributed by atoms with Crippen molar-refractivity contribution >= 4 is 0 Å². The van der Waals surface area contributed by atoms with E-state index < -0.39 is 11.8 Å². The lowest BCUT2D eigenvalue weighted by Crippen LogP contribution is -2.60. The topological polar surface area (TPSA) is 23.5 Å². The van der Waals surface area contributed by atoms with Gasteiger partial charge in [0.05, 0.1) is 0 Å². The molecule has 1 N–H and O–H groups in total. The minimum absolute atomic E-state index is 0.111. The van der Waals surface area contributed by atoms with E-state index in [1.165, 1.54) is 12.8 Å². The Morgan fingerprint density at radius 1 is 1.06 bits per heavy atom. The number of nitrogens with zero attached hydrogens (tertiary/aromatic N) is 1. The molecule has 0 aromatic heterocycles. The Labute approximate surface area is 105 Å². The molecule has 3 aliphatic rings. The van der Waals surface area contributed by atoms with Gasteiger partial charge in [-0.25, -0.2) is 0 Å². The summed E-state index contributed by atoms with van der Waals surface area (Å²) >= 11 is 0. The van der Waals surface area contributed by atoms with Crippen molar-refractivity contribution in [2.24, 2.45) is 0 Å². The second-order valence-corrected chi connectivity index (χ2v) is 6.31. The highest BCUT2D eigenvalue weighted by Gasteiger charge is 2.65. The van der Waals surface area contributed by atoms with Crippen LogP contribution in [-0.4, -0.2) is 39.9 Å². The Kier molecular flexibility index (Phi) is 2.73. The lowest BCUT2D eigenvalue weighted by atomic mass is 9.83. The number of alkyl halides is 3. The molecule has 18 heavy (non-hydrogen) atoms. The number of hydrogen-bond acceptors (Lipinski definition) is 2.